The van der Waals surface area contributed by atoms with Crippen LogP contribution in [0.3, 0.4) is 0 Å². The van der Waals surface area contributed by atoms with E-state index in [-0.39, 0.29) is 5.69 Å². The number of aromatic nitrogens is 1. The predicted octanol–water partition coefficient (Wildman–Crippen LogP) is 1.63. The van der Waals surface area contributed by atoms with Gasteiger partial charge in [0.15, 0.2) is 11.5 Å². The quantitative estimate of drug-likeness (QED) is 0.625. The average molecular weight is 221 g/mol. The molecule has 0 spiro atoms. The maximum Gasteiger partial charge on any atom is 0.273 e. The van der Waals surface area contributed by atoms with Crippen molar-refractivity contribution in [3.63, 3.8) is 0 Å². The number of oxazole rings is 1. The third-order valence-electron chi connectivity index (χ3n) is 2.22. The molecule has 0 aliphatic heterocycles. The normalized spacial score (nSPS) is 10.8. The average Bonchev–Trinajstić information content (AvgIpc) is 2.67. The van der Waals surface area contributed by atoms with Crippen LogP contribution in [-0.2, 0) is 6.42 Å². The number of hydrogen-bond acceptors (Lipinski definition) is 5. The van der Waals surface area contributed by atoms with Crippen molar-refractivity contribution in [3.05, 3.63) is 34.2 Å². The summed E-state index contributed by atoms with van der Waals surface area (Å²) in [6, 6.07) is 4.38. The molecule has 0 radical (unpaired) electrons. The van der Waals surface area contributed by atoms with E-state index < -0.39 is 4.92 Å². The van der Waals surface area contributed by atoms with Crippen LogP contribution >= 0.6 is 0 Å². The molecule has 2 aromatic rings. The molecule has 0 amide bonds. The highest BCUT2D eigenvalue weighted by Crippen LogP contribution is 2.21. The number of nitro groups is 1. The van der Waals surface area contributed by atoms with Gasteiger partial charge in [0.25, 0.3) is 5.69 Å². The summed E-state index contributed by atoms with van der Waals surface area (Å²) in [5, 5.41) is 10.6. The highest BCUT2D eigenvalue weighted by Gasteiger charge is 2.11. The van der Waals surface area contributed by atoms with Crippen molar-refractivity contribution in [1.29, 1.82) is 0 Å². The van der Waals surface area contributed by atoms with E-state index in [0.717, 1.165) is 6.42 Å². The Bertz CT molecular complexity index is 521. The van der Waals surface area contributed by atoms with Crippen LogP contribution in [0.15, 0.2) is 22.6 Å². The molecule has 0 saturated heterocycles. The monoisotopic (exact) mass is 221 g/mol. The van der Waals surface area contributed by atoms with Gasteiger partial charge in [-0.1, -0.05) is 0 Å². The number of nitrogens with zero attached hydrogens (tertiary/aromatic N) is 2. The number of nitro benzene ring substituents is 1. The Kier molecular flexibility index (Phi) is 2.82. The lowest BCUT2D eigenvalue weighted by molar-refractivity contribution is -0.384. The maximum atomic E-state index is 10.6. The number of benzene rings is 1. The number of fused-ring (bicyclic) bond motifs is 1. The van der Waals surface area contributed by atoms with Crippen LogP contribution in [-0.4, -0.2) is 16.5 Å². The largest absolute Gasteiger partial charge is 0.440 e. The van der Waals surface area contributed by atoms with Crippen molar-refractivity contribution < 1.29 is 9.34 Å². The molecule has 16 heavy (non-hydrogen) atoms. The minimum absolute atomic E-state index is 0.00836. The molecular formula is C10H11N3O3. The van der Waals surface area contributed by atoms with Gasteiger partial charge < -0.3 is 10.2 Å². The molecule has 84 valence electrons. The van der Waals surface area contributed by atoms with Crippen molar-refractivity contribution in [2.45, 2.75) is 12.8 Å². The third-order valence-corrected chi connectivity index (χ3v) is 2.22. The Labute approximate surface area is 91.2 Å². The van der Waals surface area contributed by atoms with Crippen LogP contribution in [0.5, 0.6) is 0 Å². The molecule has 0 fully saturated rings. The first kappa shape index (κ1) is 10.6. The minimum atomic E-state index is -0.457. The number of non-ortho nitro benzene ring substituents is 1. The van der Waals surface area contributed by atoms with Gasteiger partial charge in [0.05, 0.1) is 11.0 Å². The van der Waals surface area contributed by atoms with E-state index in [1.165, 1.54) is 12.1 Å². The van der Waals surface area contributed by atoms with Crippen LogP contribution in [0.1, 0.15) is 12.3 Å². The van der Waals surface area contributed by atoms with Crippen LogP contribution in [0.25, 0.3) is 11.1 Å². The molecule has 6 nitrogen and oxygen atoms in total. The molecule has 0 unspecified atom stereocenters. The van der Waals surface area contributed by atoms with Crippen molar-refractivity contribution in [1.82, 2.24) is 4.98 Å². The van der Waals surface area contributed by atoms with Gasteiger partial charge in [0.2, 0.25) is 0 Å². The second-order valence-corrected chi connectivity index (χ2v) is 3.41. The van der Waals surface area contributed by atoms with E-state index in [1.54, 1.807) is 6.07 Å². The zero-order valence-corrected chi connectivity index (χ0v) is 8.55. The summed E-state index contributed by atoms with van der Waals surface area (Å²) in [5.41, 5.74) is 6.47. The zero-order valence-electron chi connectivity index (χ0n) is 8.55. The van der Waals surface area contributed by atoms with Crippen molar-refractivity contribution in [2.24, 2.45) is 5.73 Å². The summed E-state index contributed by atoms with van der Waals surface area (Å²) >= 11 is 0. The van der Waals surface area contributed by atoms with E-state index >= 15 is 0 Å². The lowest BCUT2D eigenvalue weighted by Gasteiger charge is -1.90. The van der Waals surface area contributed by atoms with Crippen molar-refractivity contribution >= 4 is 16.8 Å². The molecule has 0 aliphatic rings. The molecule has 2 N–H and O–H groups in total. The molecule has 0 aliphatic carbocycles. The molecule has 1 aromatic carbocycles. The lowest BCUT2D eigenvalue weighted by Crippen LogP contribution is -2.00. The molecule has 1 aromatic heterocycles. The van der Waals surface area contributed by atoms with Gasteiger partial charge in [-0.05, 0) is 19.0 Å². The Morgan fingerprint density at radius 3 is 3.00 bits per heavy atom. The molecule has 0 bridgehead atoms. The number of aryl methyl sites for hydroxylation is 1. The number of rotatable bonds is 4. The lowest BCUT2D eigenvalue weighted by atomic mass is 10.3. The van der Waals surface area contributed by atoms with Gasteiger partial charge in [-0.25, -0.2) is 4.98 Å². The predicted molar refractivity (Wildman–Crippen MR) is 58.0 cm³/mol. The smallest absolute Gasteiger partial charge is 0.273 e. The first-order valence-electron chi connectivity index (χ1n) is 4.94. The fourth-order valence-electron chi connectivity index (χ4n) is 1.43. The van der Waals surface area contributed by atoms with E-state index in [4.69, 9.17) is 10.2 Å². The SMILES string of the molecule is NCCCc1nc2ccc([N+](=O)[O-])cc2o1. The van der Waals surface area contributed by atoms with Gasteiger partial charge in [0, 0.05) is 12.5 Å². The van der Waals surface area contributed by atoms with Gasteiger partial charge >= 0.3 is 0 Å². The van der Waals surface area contributed by atoms with Crippen LogP contribution in [0, 0.1) is 10.1 Å². The first-order valence-corrected chi connectivity index (χ1v) is 4.94. The molecule has 0 saturated carbocycles. The highest BCUT2D eigenvalue weighted by atomic mass is 16.6. The highest BCUT2D eigenvalue weighted by molar-refractivity contribution is 5.75. The standard InChI is InChI=1S/C10H11N3O3/c11-5-1-2-10-12-8-4-3-7(13(14)15)6-9(8)16-10/h3-4,6H,1-2,5,11H2. The molecule has 6 heteroatoms. The minimum Gasteiger partial charge on any atom is -0.440 e. The second kappa shape index (κ2) is 4.28. The van der Waals surface area contributed by atoms with Crippen molar-refractivity contribution in [2.75, 3.05) is 6.54 Å². The number of nitrogens with two attached hydrogens (primary N) is 1. The fourth-order valence-corrected chi connectivity index (χ4v) is 1.43. The van der Waals surface area contributed by atoms with Gasteiger partial charge in [-0.2, -0.15) is 0 Å². The Balaban J connectivity index is 2.34. The second-order valence-electron chi connectivity index (χ2n) is 3.41. The summed E-state index contributed by atoms with van der Waals surface area (Å²) in [6.45, 7) is 0.568. The third kappa shape index (κ3) is 2.01. The maximum absolute atomic E-state index is 10.6. The van der Waals surface area contributed by atoms with E-state index in [1.807, 2.05) is 0 Å². The Morgan fingerprint density at radius 1 is 1.50 bits per heavy atom. The fraction of sp³-hybridized carbons (Fsp3) is 0.300. The topological polar surface area (TPSA) is 95.2 Å². The Morgan fingerprint density at radius 2 is 2.31 bits per heavy atom. The Hall–Kier alpha value is -1.95. The summed E-state index contributed by atoms with van der Waals surface area (Å²) in [5.74, 6) is 0.570. The van der Waals surface area contributed by atoms with Crippen LogP contribution < -0.4 is 5.73 Å². The van der Waals surface area contributed by atoms with Crippen LogP contribution in [0.2, 0.25) is 0 Å². The number of hydrogen-bond donors (Lipinski definition) is 1. The first-order chi connectivity index (χ1) is 7.70. The van der Waals surface area contributed by atoms with Gasteiger partial charge in [-0.15, -0.1) is 0 Å². The van der Waals surface area contributed by atoms with Crippen LogP contribution in [0.4, 0.5) is 5.69 Å². The summed E-state index contributed by atoms with van der Waals surface area (Å²) in [6.07, 6.45) is 1.44. The molecule has 2 rings (SSSR count). The summed E-state index contributed by atoms with van der Waals surface area (Å²) in [7, 11) is 0. The summed E-state index contributed by atoms with van der Waals surface area (Å²) in [4.78, 5) is 14.3. The zero-order chi connectivity index (χ0) is 11.5. The van der Waals surface area contributed by atoms with E-state index in [9.17, 15) is 10.1 Å². The van der Waals surface area contributed by atoms with Gasteiger partial charge in [0.1, 0.15) is 5.52 Å². The summed E-state index contributed by atoms with van der Waals surface area (Å²) < 4.78 is 5.39. The molecular weight excluding hydrogens is 210 g/mol. The van der Waals surface area contributed by atoms with E-state index in [0.29, 0.717) is 30.0 Å². The molecule has 0 atom stereocenters. The van der Waals surface area contributed by atoms with E-state index in [2.05, 4.69) is 4.98 Å². The van der Waals surface area contributed by atoms with Gasteiger partial charge in [-0.3, -0.25) is 10.1 Å². The van der Waals surface area contributed by atoms with Crippen molar-refractivity contribution in [3.8, 4) is 0 Å². The molecule has 1 heterocycles.